The summed E-state index contributed by atoms with van der Waals surface area (Å²) in [7, 11) is 1.69. The van der Waals surface area contributed by atoms with E-state index in [-0.39, 0.29) is 16.9 Å². The summed E-state index contributed by atoms with van der Waals surface area (Å²) in [4.78, 5) is 40.8. The quantitative estimate of drug-likeness (QED) is 0.723. The van der Waals surface area contributed by atoms with E-state index < -0.39 is 11.2 Å². The molecule has 2 heterocycles. The predicted octanol–water partition coefficient (Wildman–Crippen LogP) is 2.10. The van der Waals surface area contributed by atoms with Crippen molar-refractivity contribution in [2.75, 3.05) is 6.54 Å². The van der Waals surface area contributed by atoms with Gasteiger partial charge in [0.25, 0.3) is 11.5 Å². The molecule has 7 heteroatoms. The molecule has 1 amide bonds. The molecule has 0 radical (unpaired) electrons. The number of carbonyl (C=O) groups excluding carboxylic acids is 1. The number of amides is 1. The molecule has 0 aliphatic rings. The Morgan fingerprint density at radius 1 is 1.19 bits per heavy atom. The highest BCUT2D eigenvalue weighted by atomic mass is 16.2. The van der Waals surface area contributed by atoms with Gasteiger partial charge in [-0.3, -0.25) is 9.59 Å². The summed E-state index contributed by atoms with van der Waals surface area (Å²) < 4.78 is 2.66. The second kappa shape index (κ2) is 7.26. The molecule has 0 fully saturated rings. The van der Waals surface area contributed by atoms with Crippen LogP contribution in [0.4, 0.5) is 0 Å². The lowest BCUT2D eigenvalue weighted by Crippen LogP contribution is -2.34. The fourth-order valence-electron chi connectivity index (χ4n) is 3.04. The number of fused-ring (bicyclic) bond motifs is 1. The van der Waals surface area contributed by atoms with Crippen molar-refractivity contribution in [2.45, 2.75) is 27.2 Å². The zero-order chi connectivity index (χ0) is 19.7. The Hall–Kier alpha value is -3.09. The van der Waals surface area contributed by atoms with Gasteiger partial charge >= 0.3 is 5.69 Å². The number of aromatic nitrogens is 3. The molecule has 2 aromatic heterocycles. The van der Waals surface area contributed by atoms with Crippen LogP contribution in [0.3, 0.4) is 0 Å². The summed E-state index contributed by atoms with van der Waals surface area (Å²) in [6.07, 6.45) is 2.43. The Morgan fingerprint density at radius 3 is 2.48 bits per heavy atom. The van der Waals surface area contributed by atoms with E-state index in [0.717, 1.165) is 16.6 Å². The predicted molar refractivity (Wildman–Crippen MR) is 106 cm³/mol. The van der Waals surface area contributed by atoms with Gasteiger partial charge in [-0.1, -0.05) is 31.5 Å². The Labute approximate surface area is 156 Å². The number of aromatic amines is 1. The number of hydrogen-bond donors (Lipinski definition) is 2. The van der Waals surface area contributed by atoms with Gasteiger partial charge in [0.2, 0.25) is 0 Å². The Bertz CT molecular complexity index is 1100. The van der Waals surface area contributed by atoms with Crippen LogP contribution in [0.5, 0.6) is 0 Å². The summed E-state index contributed by atoms with van der Waals surface area (Å²) in [6.45, 7) is 6.63. The highest BCUT2D eigenvalue weighted by Gasteiger charge is 2.20. The first kappa shape index (κ1) is 18.7. The van der Waals surface area contributed by atoms with Gasteiger partial charge in [0.1, 0.15) is 5.52 Å². The topological polar surface area (TPSA) is 88.9 Å². The van der Waals surface area contributed by atoms with E-state index in [0.29, 0.717) is 23.7 Å². The summed E-state index contributed by atoms with van der Waals surface area (Å²) in [5.74, 6) is 0.170. The van der Waals surface area contributed by atoms with Crippen LogP contribution in [-0.4, -0.2) is 26.6 Å². The van der Waals surface area contributed by atoms with E-state index >= 15 is 0 Å². The molecule has 27 heavy (non-hydrogen) atoms. The highest BCUT2D eigenvalue weighted by Crippen LogP contribution is 2.15. The molecule has 0 aliphatic carbocycles. The highest BCUT2D eigenvalue weighted by molar-refractivity contribution is 6.05. The molecule has 0 saturated heterocycles. The van der Waals surface area contributed by atoms with Crippen molar-refractivity contribution < 1.29 is 4.79 Å². The number of hydrogen-bond acceptors (Lipinski definition) is 3. The molecule has 7 nitrogen and oxygen atoms in total. The molecule has 3 rings (SSSR count). The van der Waals surface area contributed by atoms with Gasteiger partial charge in [0.05, 0.1) is 16.8 Å². The summed E-state index contributed by atoms with van der Waals surface area (Å²) in [5, 5.41) is 2.84. The number of aryl methyl sites for hydroxylation is 2. The lowest BCUT2D eigenvalue weighted by atomic mass is 10.1. The Balaban J connectivity index is 2.09. The second-order valence-electron chi connectivity index (χ2n) is 7.22. The Kier molecular flexibility index (Phi) is 5.03. The lowest BCUT2D eigenvalue weighted by molar-refractivity contribution is 0.0953. The normalized spacial score (nSPS) is 11.3. The van der Waals surface area contributed by atoms with E-state index in [1.165, 1.54) is 0 Å². The zero-order valence-electron chi connectivity index (χ0n) is 16.0. The molecule has 0 aliphatic heterocycles. The van der Waals surface area contributed by atoms with Crippen molar-refractivity contribution >= 4 is 16.9 Å². The van der Waals surface area contributed by atoms with Gasteiger partial charge in [-0.15, -0.1) is 0 Å². The van der Waals surface area contributed by atoms with Crippen molar-refractivity contribution in [3.05, 3.63) is 62.4 Å². The smallest absolute Gasteiger partial charge is 0.333 e. The molecule has 2 N–H and O–H groups in total. The molecular weight excluding hydrogens is 344 g/mol. The molecule has 0 bridgehead atoms. The fourth-order valence-corrected chi connectivity index (χ4v) is 3.04. The molecule has 0 atom stereocenters. The number of rotatable bonds is 5. The first-order chi connectivity index (χ1) is 12.8. The monoisotopic (exact) mass is 368 g/mol. The molecule has 142 valence electrons. The van der Waals surface area contributed by atoms with Crippen LogP contribution in [0.2, 0.25) is 0 Å². The van der Waals surface area contributed by atoms with Gasteiger partial charge < -0.3 is 14.9 Å². The summed E-state index contributed by atoms with van der Waals surface area (Å²) in [6, 6.07) is 7.12. The van der Waals surface area contributed by atoms with Crippen molar-refractivity contribution in [1.82, 2.24) is 19.4 Å². The fraction of sp³-hybridized carbons (Fsp3) is 0.350. The van der Waals surface area contributed by atoms with Gasteiger partial charge in [-0.2, -0.15) is 0 Å². The van der Waals surface area contributed by atoms with Crippen LogP contribution in [0.15, 0.2) is 40.1 Å². The molecule has 0 spiro atoms. The average Bonchev–Trinajstić information content (AvgIpc) is 2.93. The average molecular weight is 368 g/mol. The number of nitrogens with zero attached hydrogens (tertiary/aromatic N) is 2. The van der Waals surface area contributed by atoms with Crippen molar-refractivity contribution in [2.24, 2.45) is 13.0 Å². The third kappa shape index (κ3) is 3.58. The van der Waals surface area contributed by atoms with Gasteiger partial charge in [0, 0.05) is 19.8 Å². The molecule has 3 aromatic rings. The maximum Gasteiger partial charge on any atom is 0.333 e. The van der Waals surface area contributed by atoms with Gasteiger partial charge in [-0.25, -0.2) is 9.36 Å². The van der Waals surface area contributed by atoms with Gasteiger partial charge in [0.15, 0.2) is 0 Å². The van der Waals surface area contributed by atoms with Crippen LogP contribution in [-0.2, 0) is 7.05 Å². The minimum absolute atomic E-state index is 0.262. The van der Waals surface area contributed by atoms with Crippen LogP contribution in [0.25, 0.3) is 16.7 Å². The molecule has 0 unspecified atom stereocenters. The zero-order valence-corrected chi connectivity index (χ0v) is 16.0. The minimum Gasteiger partial charge on any atom is -0.352 e. The molecule has 1 aromatic carbocycles. The maximum atomic E-state index is 13.0. The van der Waals surface area contributed by atoms with E-state index in [1.807, 2.05) is 19.1 Å². The number of carbonyl (C=O) groups is 1. The van der Waals surface area contributed by atoms with E-state index in [1.54, 1.807) is 29.9 Å². The summed E-state index contributed by atoms with van der Waals surface area (Å²) in [5.41, 5.74) is 1.32. The molecule has 0 saturated carbocycles. The first-order valence-electron chi connectivity index (χ1n) is 8.99. The molecular formula is C20H24N4O3. The van der Waals surface area contributed by atoms with E-state index in [4.69, 9.17) is 0 Å². The van der Waals surface area contributed by atoms with E-state index in [2.05, 4.69) is 24.1 Å². The van der Waals surface area contributed by atoms with Crippen molar-refractivity contribution in [3.8, 4) is 5.69 Å². The third-order valence-corrected chi connectivity index (χ3v) is 4.57. The van der Waals surface area contributed by atoms with Crippen LogP contribution >= 0.6 is 0 Å². The Morgan fingerprint density at radius 2 is 1.85 bits per heavy atom. The first-order valence-corrected chi connectivity index (χ1v) is 8.99. The van der Waals surface area contributed by atoms with Crippen LogP contribution < -0.4 is 16.6 Å². The van der Waals surface area contributed by atoms with Crippen LogP contribution in [0.1, 0.15) is 36.2 Å². The standard InChI is InChI=1S/C20H24N4O3/c1-12(2)9-10-21-18(25)15-11-23(4)17-16(15)22-20(27)24(19(17)26)14-7-5-13(3)6-8-14/h5-8,11-12H,9-10H2,1-4H3,(H,21,25)(H,22,27). The minimum atomic E-state index is -0.571. The van der Waals surface area contributed by atoms with Crippen LogP contribution in [0, 0.1) is 12.8 Å². The van der Waals surface area contributed by atoms with Crippen molar-refractivity contribution in [1.29, 1.82) is 0 Å². The largest absolute Gasteiger partial charge is 0.352 e. The number of nitrogens with one attached hydrogen (secondary N) is 2. The maximum absolute atomic E-state index is 13.0. The SMILES string of the molecule is Cc1ccc(-n2c(=O)[nH]c3c(C(=O)NCCC(C)C)cn(C)c3c2=O)cc1. The second-order valence-corrected chi connectivity index (χ2v) is 7.22. The van der Waals surface area contributed by atoms with E-state index in [9.17, 15) is 14.4 Å². The van der Waals surface area contributed by atoms with Crippen molar-refractivity contribution in [3.63, 3.8) is 0 Å². The lowest BCUT2D eigenvalue weighted by Gasteiger charge is -2.07. The van der Waals surface area contributed by atoms with Gasteiger partial charge in [-0.05, 0) is 31.4 Å². The number of benzene rings is 1. The third-order valence-electron chi connectivity index (χ3n) is 4.57. The number of H-pyrrole nitrogens is 1. The summed E-state index contributed by atoms with van der Waals surface area (Å²) >= 11 is 0.